The van der Waals surface area contributed by atoms with E-state index in [1.54, 1.807) is 13.3 Å². The molecule has 0 aromatic carbocycles. The molecule has 1 unspecified atom stereocenters. The van der Waals surface area contributed by atoms with Crippen LogP contribution in [-0.4, -0.2) is 23.5 Å². The van der Waals surface area contributed by atoms with Crippen LogP contribution in [0.2, 0.25) is 0 Å². The fourth-order valence-electron chi connectivity index (χ4n) is 0.802. The maximum absolute atomic E-state index is 4.95. The van der Waals surface area contributed by atoms with E-state index in [9.17, 15) is 0 Å². The Bertz CT molecular complexity index is 172. The molecule has 0 N–H and O–H groups in total. The molecule has 1 heterocycles. The summed E-state index contributed by atoms with van der Waals surface area (Å²) in [5.41, 5.74) is 0. The van der Waals surface area contributed by atoms with E-state index in [0.717, 1.165) is 0 Å². The fourth-order valence-corrected chi connectivity index (χ4v) is 0.802. The van der Waals surface area contributed by atoms with Crippen LogP contribution in [0.15, 0.2) is 12.4 Å². The van der Waals surface area contributed by atoms with E-state index in [0.29, 0.717) is 12.6 Å². The zero-order chi connectivity index (χ0) is 7.40. The van der Waals surface area contributed by atoms with Crippen LogP contribution in [0.5, 0.6) is 0 Å². The second-order valence-corrected chi connectivity index (χ2v) is 2.22. The van der Waals surface area contributed by atoms with E-state index in [1.807, 2.05) is 17.8 Å². The van der Waals surface area contributed by atoms with E-state index < -0.39 is 0 Å². The Morgan fingerprint density at radius 1 is 1.80 bits per heavy atom. The monoisotopic (exact) mass is 139 g/mol. The highest BCUT2D eigenvalue weighted by Gasteiger charge is 2.01. The number of aromatic nitrogens is 2. The van der Waals surface area contributed by atoms with Gasteiger partial charge in [-0.25, -0.2) is 0 Å². The molecule has 0 saturated heterocycles. The molecule has 3 nitrogen and oxygen atoms in total. The van der Waals surface area contributed by atoms with Gasteiger partial charge in [-0.1, -0.05) is 0 Å². The lowest BCUT2D eigenvalue weighted by atomic mass is 10.4. The molecule has 0 aliphatic rings. The lowest BCUT2D eigenvalue weighted by Crippen LogP contribution is -2.10. The average Bonchev–Trinajstić information content (AvgIpc) is 2.38. The third-order valence-electron chi connectivity index (χ3n) is 1.33. The van der Waals surface area contributed by atoms with E-state index >= 15 is 0 Å². The van der Waals surface area contributed by atoms with Crippen molar-refractivity contribution in [3.05, 3.63) is 18.5 Å². The summed E-state index contributed by atoms with van der Waals surface area (Å²) in [7, 11) is 1.68. The second kappa shape index (κ2) is 3.37. The van der Waals surface area contributed by atoms with Gasteiger partial charge in [-0.05, 0) is 6.92 Å². The molecule has 0 fully saturated rings. The van der Waals surface area contributed by atoms with Crippen molar-refractivity contribution in [3.8, 4) is 0 Å². The highest BCUT2D eigenvalue weighted by molar-refractivity contribution is 4.77. The van der Waals surface area contributed by atoms with Gasteiger partial charge in [0.05, 0.1) is 18.8 Å². The summed E-state index contributed by atoms with van der Waals surface area (Å²) in [4.78, 5) is 0. The molecule has 0 amide bonds. The van der Waals surface area contributed by atoms with Gasteiger partial charge in [-0.15, -0.1) is 0 Å². The quantitative estimate of drug-likeness (QED) is 0.621. The standard InChI is InChI=1S/C7H11N2O/c1-7(6-10-2)9-5-3-4-8-9/h4-5,7H,6H2,1-2H3. The Morgan fingerprint density at radius 3 is 3.10 bits per heavy atom. The smallest absolute Gasteiger partial charge is 0.0724 e. The third kappa shape index (κ3) is 1.57. The van der Waals surface area contributed by atoms with E-state index in [4.69, 9.17) is 4.74 Å². The second-order valence-electron chi connectivity index (χ2n) is 2.22. The molecule has 0 spiro atoms. The van der Waals surface area contributed by atoms with Crippen LogP contribution in [-0.2, 0) is 4.74 Å². The summed E-state index contributed by atoms with van der Waals surface area (Å²) in [5, 5.41) is 4.02. The van der Waals surface area contributed by atoms with Crippen molar-refractivity contribution in [1.82, 2.24) is 9.78 Å². The van der Waals surface area contributed by atoms with Crippen molar-refractivity contribution in [2.24, 2.45) is 0 Å². The van der Waals surface area contributed by atoms with Crippen LogP contribution in [0, 0.1) is 6.07 Å². The van der Waals surface area contributed by atoms with Gasteiger partial charge in [0, 0.05) is 19.4 Å². The molecule has 10 heavy (non-hydrogen) atoms. The van der Waals surface area contributed by atoms with Gasteiger partial charge in [-0.3, -0.25) is 4.68 Å². The minimum absolute atomic E-state index is 0.302. The van der Waals surface area contributed by atoms with Gasteiger partial charge < -0.3 is 4.74 Å². The summed E-state index contributed by atoms with van der Waals surface area (Å²) in [6.07, 6.45) is 3.45. The van der Waals surface area contributed by atoms with E-state index in [2.05, 4.69) is 11.2 Å². The van der Waals surface area contributed by atoms with Crippen LogP contribution in [0.4, 0.5) is 0 Å². The van der Waals surface area contributed by atoms with Gasteiger partial charge in [-0.2, -0.15) is 5.10 Å². The average molecular weight is 139 g/mol. The summed E-state index contributed by atoms with van der Waals surface area (Å²) in [6, 6.07) is 3.17. The van der Waals surface area contributed by atoms with Gasteiger partial charge in [0.25, 0.3) is 0 Å². The molecule has 1 aromatic rings. The number of ether oxygens (including phenoxy) is 1. The van der Waals surface area contributed by atoms with Gasteiger partial charge >= 0.3 is 0 Å². The largest absolute Gasteiger partial charge is 0.382 e. The summed E-state index contributed by atoms with van der Waals surface area (Å²) >= 11 is 0. The van der Waals surface area contributed by atoms with Crippen molar-refractivity contribution >= 4 is 0 Å². The molecule has 0 saturated carbocycles. The molecular weight excluding hydrogens is 128 g/mol. The van der Waals surface area contributed by atoms with Gasteiger partial charge in [0.15, 0.2) is 0 Å². The van der Waals surface area contributed by atoms with Crippen molar-refractivity contribution in [2.45, 2.75) is 13.0 Å². The topological polar surface area (TPSA) is 27.1 Å². The Labute approximate surface area is 60.6 Å². The van der Waals surface area contributed by atoms with Crippen LogP contribution in [0.25, 0.3) is 0 Å². The lowest BCUT2D eigenvalue weighted by Gasteiger charge is -2.09. The molecule has 55 valence electrons. The Balaban J connectivity index is 2.50. The lowest BCUT2D eigenvalue weighted by molar-refractivity contribution is 0.157. The Kier molecular flexibility index (Phi) is 2.45. The molecule has 0 aliphatic heterocycles. The molecule has 1 atom stereocenters. The first kappa shape index (κ1) is 7.28. The number of nitrogens with zero attached hydrogens (tertiary/aromatic N) is 2. The van der Waals surface area contributed by atoms with Crippen LogP contribution in [0.1, 0.15) is 13.0 Å². The normalized spacial score (nSPS) is 13.4. The molecule has 3 heteroatoms. The maximum Gasteiger partial charge on any atom is 0.0724 e. The first-order chi connectivity index (χ1) is 4.84. The summed E-state index contributed by atoms with van der Waals surface area (Å²) in [5.74, 6) is 0. The number of hydrogen-bond donors (Lipinski definition) is 0. The first-order valence-corrected chi connectivity index (χ1v) is 3.23. The van der Waals surface area contributed by atoms with Crippen LogP contribution >= 0.6 is 0 Å². The Morgan fingerprint density at radius 2 is 2.60 bits per heavy atom. The Hall–Kier alpha value is -0.830. The van der Waals surface area contributed by atoms with Gasteiger partial charge in [0.1, 0.15) is 0 Å². The maximum atomic E-state index is 4.95. The van der Waals surface area contributed by atoms with Crippen molar-refractivity contribution < 1.29 is 4.74 Å². The molecule has 0 bridgehead atoms. The SMILES string of the molecule is COCC(C)n1c[c]cn1. The fraction of sp³-hybridized carbons (Fsp3) is 0.571. The molecule has 1 radical (unpaired) electrons. The first-order valence-electron chi connectivity index (χ1n) is 3.23. The van der Waals surface area contributed by atoms with Crippen molar-refractivity contribution in [1.29, 1.82) is 0 Å². The molecular formula is C7H11N2O. The predicted octanol–water partition coefficient (Wildman–Crippen LogP) is 0.891. The summed E-state index contributed by atoms with van der Waals surface area (Å²) in [6.45, 7) is 2.74. The van der Waals surface area contributed by atoms with Crippen LogP contribution in [0.3, 0.4) is 0 Å². The molecule has 1 aromatic heterocycles. The number of rotatable bonds is 3. The van der Waals surface area contributed by atoms with Crippen molar-refractivity contribution in [3.63, 3.8) is 0 Å². The minimum atomic E-state index is 0.302. The number of methoxy groups -OCH3 is 1. The van der Waals surface area contributed by atoms with Crippen LogP contribution < -0.4 is 0 Å². The van der Waals surface area contributed by atoms with Gasteiger partial charge in [0.2, 0.25) is 0 Å². The highest BCUT2D eigenvalue weighted by atomic mass is 16.5. The minimum Gasteiger partial charge on any atom is -0.382 e. The highest BCUT2D eigenvalue weighted by Crippen LogP contribution is 2.01. The third-order valence-corrected chi connectivity index (χ3v) is 1.33. The number of hydrogen-bond acceptors (Lipinski definition) is 2. The van der Waals surface area contributed by atoms with E-state index in [1.165, 1.54) is 0 Å². The molecule has 0 aliphatic carbocycles. The van der Waals surface area contributed by atoms with Crippen molar-refractivity contribution in [2.75, 3.05) is 13.7 Å². The summed E-state index contributed by atoms with van der Waals surface area (Å²) < 4.78 is 6.78. The zero-order valence-corrected chi connectivity index (χ0v) is 6.24. The zero-order valence-electron chi connectivity index (χ0n) is 6.24. The molecule has 1 rings (SSSR count). The predicted molar refractivity (Wildman–Crippen MR) is 37.7 cm³/mol. The van der Waals surface area contributed by atoms with E-state index in [-0.39, 0.29) is 0 Å².